The molecule has 3 aromatic rings. The number of ether oxygens (including phenoxy) is 1. The van der Waals surface area contributed by atoms with Crippen LogP contribution in [0.5, 0.6) is 0 Å². The largest absolute Gasteiger partial charge is 0.388 e. The molecule has 4 rings (SSSR count). The highest BCUT2D eigenvalue weighted by Crippen LogP contribution is 2.42. The smallest absolute Gasteiger partial charge is 0.270 e. The summed E-state index contributed by atoms with van der Waals surface area (Å²) in [5, 5.41) is 22.0. The second kappa shape index (κ2) is 10.4. The number of rotatable bonds is 7. The molecular weight excluding hydrogens is 402 g/mol. The zero-order valence-corrected chi connectivity index (χ0v) is 17.8. The Balaban J connectivity index is 1.51. The third kappa shape index (κ3) is 5.31. The number of hydrogen-bond acceptors (Lipinski definition) is 4. The first-order chi connectivity index (χ1) is 15.6. The minimum Gasteiger partial charge on any atom is -0.388 e. The summed E-state index contributed by atoms with van der Waals surface area (Å²) < 4.78 is 6.30. The van der Waals surface area contributed by atoms with Crippen LogP contribution in [0.1, 0.15) is 41.7 Å². The van der Waals surface area contributed by atoms with Crippen molar-refractivity contribution in [1.82, 2.24) is 0 Å². The monoisotopic (exact) mass is 429 g/mol. The zero-order valence-electron chi connectivity index (χ0n) is 17.8. The Morgan fingerprint density at radius 3 is 2.47 bits per heavy atom. The molecular formula is C27H27NO4. The van der Waals surface area contributed by atoms with Crippen molar-refractivity contribution in [3.05, 3.63) is 118 Å². The number of nitro benzene ring substituents is 1. The maximum Gasteiger partial charge on any atom is 0.270 e. The van der Waals surface area contributed by atoms with Gasteiger partial charge in [-0.3, -0.25) is 10.1 Å². The van der Waals surface area contributed by atoms with Gasteiger partial charge in [-0.1, -0.05) is 84.9 Å². The molecule has 1 aliphatic rings. The van der Waals surface area contributed by atoms with Gasteiger partial charge in [0.05, 0.1) is 23.7 Å². The molecule has 0 aliphatic carbocycles. The van der Waals surface area contributed by atoms with Crippen LogP contribution in [0.15, 0.2) is 91.0 Å². The Hall–Kier alpha value is -3.28. The second-order valence-corrected chi connectivity index (χ2v) is 8.27. The molecule has 3 aromatic carbocycles. The predicted octanol–water partition coefficient (Wildman–Crippen LogP) is 6.13. The van der Waals surface area contributed by atoms with E-state index in [4.69, 9.17) is 4.74 Å². The Kier molecular flexibility index (Phi) is 7.10. The van der Waals surface area contributed by atoms with Gasteiger partial charge in [-0.25, -0.2) is 0 Å². The van der Waals surface area contributed by atoms with Gasteiger partial charge in [0.25, 0.3) is 5.69 Å². The van der Waals surface area contributed by atoms with E-state index in [2.05, 4.69) is 18.2 Å². The minimum absolute atomic E-state index is 0.00794. The lowest BCUT2D eigenvalue weighted by molar-refractivity contribution is -0.384. The van der Waals surface area contributed by atoms with Crippen LogP contribution in [-0.2, 0) is 4.74 Å². The van der Waals surface area contributed by atoms with Crippen molar-refractivity contribution in [2.24, 2.45) is 11.8 Å². The van der Waals surface area contributed by atoms with Crippen molar-refractivity contribution in [2.45, 2.75) is 25.0 Å². The van der Waals surface area contributed by atoms with Crippen molar-refractivity contribution in [3.8, 4) is 0 Å². The van der Waals surface area contributed by atoms with Gasteiger partial charge < -0.3 is 9.84 Å². The van der Waals surface area contributed by atoms with Gasteiger partial charge in [0.2, 0.25) is 0 Å². The lowest BCUT2D eigenvalue weighted by Crippen LogP contribution is -2.32. The molecule has 5 nitrogen and oxygen atoms in total. The van der Waals surface area contributed by atoms with Crippen LogP contribution in [0.2, 0.25) is 0 Å². The molecule has 0 spiro atoms. The van der Waals surface area contributed by atoms with Crippen molar-refractivity contribution in [1.29, 1.82) is 0 Å². The molecule has 0 aromatic heterocycles. The first kappa shape index (κ1) is 21.9. The van der Waals surface area contributed by atoms with E-state index in [1.54, 1.807) is 12.1 Å². The Labute approximate surface area is 188 Å². The Morgan fingerprint density at radius 1 is 1.03 bits per heavy atom. The molecule has 1 saturated heterocycles. The molecule has 0 bridgehead atoms. The van der Waals surface area contributed by atoms with Crippen LogP contribution in [-0.4, -0.2) is 16.6 Å². The predicted molar refractivity (Wildman–Crippen MR) is 125 cm³/mol. The van der Waals surface area contributed by atoms with Crippen molar-refractivity contribution in [2.75, 3.05) is 6.61 Å². The first-order valence-corrected chi connectivity index (χ1v) is 10.9. The SMILES string of the molecule is O=[N+]([O-])c1cccc(/C=C/C[C@H]2C[C@@H]([C@@H](O)c3ccccc3)CO[C@@H]2c2ccccc2)c1. The zero-order chi connectivity index (χ0) is 22.3. The van der Waals surface area contributed by atoms with Gasteiger partial charge in [0.15, 0.2) is 0 Å². The number of allylic oxidation sites excluding steroid dienone is 1. The van der Waals surface area contributed by atoms with Crippen LogP contribution in [0, 0.1) is 22.0 Å². The van der Waals surface area contributed by atoms with Crippen LogP contribution < -0.4 is 0 Å². The molecule has 1 aliphatic heterocycles. The summed E-state index contributed by atoms with van der Waals surface area (Å²) in [6.07, 6.45) is 4.93. The maximum absolute atomic E-state index is 11.0. The average molecular weight is 430 g/mol. The number of non-ortho nitro benzene ring substituents is 1. The highest BCUT2D eigenvalue weighted by Gasteiger charge is 2.35. The fourth-order valence-electron chi connectivity index (χ4n) is 4.44. The van der Waals surface area contributed by atoms with Gasteiger partial charge in [0, 0.05) is 18.1 Å². The van der Waals surface area contributed by atoms with Crippen LogP contribution in [0.4, 0.5) is 5.69 Å². The molecule has 1 fully saturated rings. The number of benzene rings is 3. The molecule has 0 unspecified atom stereocenters. The summed E-state index contributed by atoms with van der Waals surface area (Å²) >= 11 is 0. The number of aliphatic hydroxyl groups excluding tert-OH is 1. The maximum atomic E-state index is 11.0. The Morgan fingerprint density at radius 2 is 1.75 bits per heavy atom. The van der Waals surface area contributed by atoms with E-state index < -0.39 is 6.10 Å². The number of aliphatic hydroxyl groups is 1. The van der Waals surface area contributed by atoms with Gasteiger partial charge in [-0.15, -0.1) is 0 Å². The highest BCUT2D eigenvalue weighted by molar-refractivity contribution is 5.53. The topological polar surface area (TPSA) is 72.6 Å². The van der Waals surface area contributed by atoms with Crippen LogP contribution in [0.25, 0.3) is 6.08 Å². The molecule has 32 heavy (non-hydrogen) atoms. The fourth-order valence-corrected chi connectivity index (χ4v) is 4.44. The standard InChI is InChI=1S/C27H27NO4/c29-26(21-11-3-1-4-12-21)24-18-23(27(32-19-24)22-13-5-2-6-14-22)15-7-9-20-10-8-16-25(17-20)28(30)31/h1-14,16-17,23-24,26-27,29H,15,18-19H2/b9-7+/t23-,24+,26-,27+/m0/s1. The fraction of sp³-hybridized carbons (Fsp3) is 0.259. The van der Waals surface area contributed by atoms with Crippen molar-refractivity contribution >= 4 is 11.8 Å². The molecule has 1 heterocycles. The van der Waals surface area contributed by atoms with Crippen molar-refractivity contribution < 1.29 is 14.8 Å². The molecule has 0 amide bonds. The van der Waals surface area contributed by atoms with Gasteiger partial charge in [-0.05, 0) is 35.4 Å². The summed E-state index contributed by atoms with van der Waals surface area (Å²) in [6.45, 7) is 0.501. The van der Waals surface area contributed by atoms with E-state index >= 15 is 0 Å². The summed E-state index contributed by atoms with van der Waals surface area (Å²) in [5.74, 6) is 0.193. The van der Waals surface area contributed by atoms with E-state index in [0.717, 1.165) is 29.5 Å². The third-order valence-corrected chi connectivity index (χ3v) is 6.07. The first-order valence-electron chi connectivity index (χ1n) is 10.9. The van der Waals surface area contributed by atoms with Crippen LogP contribution >= 0.6 is 0 Å². The lowest BCUT2D eigenvalue weighted by Gasteiger charge is -2.38. The van der Waals surface area contributed by atoms with E-state index in [1.807, 2.05) is 60.7 Å². The van der Waals surface area contributed by atoms with Crippen LogP contribution in [0.3, 0.4) is 0 Å². The highest BCUT2D eigenvalue weighted by atomic mass is 16.6. The lowest BCUT2D eigenvalue weighted by atomic mass is 9.79. The summed E-state index contributed by atoms with van der Waals surface area (Å²) in [5.41, 5.74) is 2.92. The molecule has 0 saturated carbocycles. The van der Waals surface area contributed by atoms with Gasteiger partial charge in [0.1, 0.15) is 0 Å². The van der Waals surface area contributed by atoms with Gasteiger partial charge >= 0.3 is 0 Å². The molecule has 5 heteroatoms. The average Bonchev–Trinajstić information content (AvgIpc) is 2.85. The molecule has 0 radical (unpaired) electrons. The number of nitro groups is 1. The summed E-state index contributed by atoms with van der Waals surface area (Å²) in [6, 6.07) is 26.5. The summed E-state index contributed by atoms with van der Waals surface area (Å²) in [4.78, 5) is 10.7. The molecule has 4 atom stereocenters. The minimum atomic E-state index is -0.573. The van der Waals surface area contributed by atoms with Gasteiger partial charge in [-0.2, -0.15) is 0 Å². The number of nitrogens with zero attached hydrogens (tertiary/aromatic N) is 1. The molecule has 1 N–H and O–H groups in total. The van der Waals surface area contributed by atoms with E-state index in [9.17, 15) is 15.2 Å². The van der Waals surface area contributed by atoms with E-state index in [0.29, 0.717) is 6.61 Å². The molecule has 164 valence electrons. The van der Waals surface area contributed by atoms with E-state index in [-0.39, 0.29) is 28.6 Å². The van der Waals surface area contributed by atoms with Crippen molar-refractivity contribution in [3.63, 3.8) is 0 Å². The van der Waals surface area contributed by atoms with E-state index in [1.165, 1.54) is 6.07 Å². The quantitative estimate of drug-likeness (QED) is 0.362. The summed E-state index contributed by atoms with van der Waals surface area (Å²) in [7, 11) is 0. The third-order valence-electron chi connectivity index (χ3n) is 6.07. The number of hydrogen-bond donors (Lipinski definition) is 1. The normalized spacial score (nSPS) is 22.0. The second-order valence-electron chi connectivity index (χ2n) is 8.27. The Bertz CT molecular complexity index is 1050.